The van der Waals surface area contributed by atoms with E-state index in [0.717, 1.165) is 0 Å². The maximum atomic E-state index is 5.01. The number of methoxy groups -OCH3 is 1. The number of hydrogen-bond acceptors (Lipinski definition) is 2. The largest absolute Gasteiger partial charge is 0.383 e. The molecule has 0 aliphatic carbocycles. The van der Waals surface area contributed by atoms with Gasteiger partial charge in [0.25, 0.3) is 0 Å². The monoisotopic (exact) mass is 109 g/mol. The molecule has 40 valence electrons. The van der Waals surface area contributed by atoms with Crippen LogP contribution in [-0.4, -0.2) is 20.3 Å². The summed E-state index contributed by atoms with van der Waals surface area (Å²) >= 11 is 0. The molecule has 6 heavy (non-hydrogen) atoms. The average Bonchev–Trinajstić information content (AvgIpc) is 1.41. The van der Waals surface area contributed by atoms with Gasteiger partial charge in [0.15, 0.2) is 0 Å². The van der Waals surface area contributed by atoms with Crippen LogP contribution >= 0.6 is 13.5 Å². The molecule has 0 atom stereocenters. The molecular formula is C3H11NOS. The molecule has 0 amide bonds. The molecule has 0 heterocycles. The van der Waals surface area contributed by atoms with E-state index in [-0.39, 0.29) is 13.5 Å². The van der Waals surface area contributed by atoms with Crippen LogP contribution in [0.1, 0.15) is 0 Å². The molecule has 0 fully saturated rings. The van der Waals surface area contributed by atoms with E-state index in [1.807, 2.05) is 0 Å². The molecule has 0 unspecified atom stereocenters. The van der Waals surface area contributed by atoms with Crippen molar-refractivity contribution in [3.05, 3.63) is 0 Å². The summed E-state index contributed by atoms with van der Waals surface area (Å²) in [5.41, 5.74) is 5.01. The van der Waals surface area contributed by atoms with Crippen LogP contribution in [0.15, 0.2) is 0 Å². The normalized spacial score (nSPS) is 7.00. The predicted octanol–water partition coefficient (Wildman–Crippen LogP) is -0.296. The van der Waals surface area contributed by atoms with Crippen molar-refractivity contribution in [2.45, 2.75) is 0 Å². The standard InChI is InChI=1S/C3H9NO.H2S/c1-5-3-2-4;/h2-4H2,1H3;1H2. The molecule has 0 aliphatic rings. The maximum Gasteiger partial charge on any atom is 0.0584 e. The lowest BCUT2D eigenvalue weighted by Gasteiger charge is -1.85. The van der Waals surface area contributed by atoms with Crippen LogP contribution < -0.4 is 5.73 Å². The van der Waals surface area contributed by atoms with Gasteiger partial charge < -0.3 is 10.5 Å². The first-order valence-electron chi connectivity index (χ1n) is 1.61. The Bertz CT molecular complexity index is 18.3. The molecule has 3 heteroatoms. The molecule has 2 nitrogen and oxygen atoms in total. The summed E-state index contributed by atoms with van der Waals surface area (Å²) < 4.78 is 4.57. The van der Waals surface area contributed by atoms with Gasteiger partial charge in [0.1, 0.15) is 0 Å². The highest BCUT2D eigenvalue weighted by atomic mass is 32.1. The Labute approximate surface area is 45.1 Å². The van der Waals surface area contributed by atoms with E-state index < -0.39 is 0 Å². The van der Waals surface area contributed by atoms with Crippen molar-refractivity contribution in [1.82, 2.24) is 0 Å². The van der Waals surface area contributed by atoms with Crippen molar-refractivity contribution in [1.29, 1.82) is 0 Å². The van der Waals surface area contributed by atoms with Gasteiger partial charge >= 0.3 is 0 Å². The molecule has 0 bridgehead atoms. The predicted molar refractivity (Wildman–Crippen MR) is 31.3 cm³/mol. The van der Waals surface area contributed by atoms with E-state index in [9.17, 15) is 0 Å². The molecule has 0 saturated heterocycles. The highest BCUT2D eigenvalue weighted by molar-refractivity contribution is 7.59. The summed E-state index contributed by atoms with van der Waals surface area (Å²) in [6.07, 6.45) is 0. The summed E-state index contributed by atoms with van der Waals surface area (Å²) in [5.74, 6) is 0. The van der Waals surface area contributed by atoms with E-state index >= 15 is 0 Å². The summed E-state index contributed by atoms with van der Waals surface area (Å²) in [5, 5.41) is 0. The molecule has 0 spiro atoms. The minimum atomic E-state index is 0. The number of nitrogens with two attached hydrogens (primary N) is 1. The van der Waals surface area contributed by atoms with Gasteiger partial charge in [-0.1, -0.05) is 0 Å². The second-order valence-electron chi connectivity index (χ2n) is 0.781. The highest BCUT2D eigenvalue weighted by Gasteiger charge is 1.65. The van der Waals surface area contributed by atoms with Crippen LogP contribution in [0.5, 0.6) is 0 Å². The lowest BCUT2D eigenvalue weighted by atomic mass is 10.7. The zero-order valence-electron chi connectivity index (χ0n) is 3.90. The van der Waals surface area contributed by atoms with Gasteiger partial charge in [0.2, 0.25) is 0 Å². The van der Waals surface area contributed by atoms with Crippen molar-refractivity contribution in [3.8, 4) is 0 Å². The summed E-state index contributed by atoms with van der Waals surface area (Å²) in [6, 6.07) is 0. The van der Waals surface area contributed by atoms with Crippen LogP contribution in [0.3, 0.4) is 0 Å². The van der Waals surface area contributed by atoms with Gasteiger partial charge in [-0.15, -0.1) is 0 Å². The van der Waals surface area contributed by atoms with Crippen LogP contribution in [0.4, 0.5) is 0 Å². The average molecular weight is 109 g/mol. The Morgan fingerprint density at radius 3 is 2.17 bits per heavy atom. The molecule has 2 N–H and O–H groups in total. The molecule has 0 rings (SSSR count). The fourth-order valence-corrected chi connectivity index (χ4v) is 0.118. The second-order valence-corrected chi connectivity index (χ2v) is 0.781. The summed E-state index contributed by atoms with van der Waals surface area (Å²) in [7, 11) is 1.63. The molecule has 0 aromatic heterocycles. The minimum Gasteiger partial charge on any atom is -0.383 e. The first-order chi connectivity index (χ1) is 2.41. The lowest BCUT2D eigenvalue weighted by Crippen LogP contribution is -2.05. The van der Waals surface area contributed by atoms with Gasteiger partial charge in [-0.25, -0.2) is 0 Å². The Morgan fingerprint density at radius 2 is 2.17 bits per heavy atom. The number of hydrogen-bond donors (Lipinski definition) is 1. The minimum absolute atomic E-state index is 0. The SMILES string of the molecule is COCCN.S. The Balaban J connectivity index is 0. The third-order valence-corrected chi connectivity index (χ3v) is 0.322. The molecular weight excluding hydrogens is 98.1 g/mol. The van der Waals surface area contributed by atoms with E-state index in [1.54, 1.807) is 7.11 Å². The lowest BCUT2D eigenvalue weighted by molar-refractivity contribution is 0.207. The van der Waals surface area contributed by atoms with Gasteiger partial charge in [0, 0.05) is 13.7 Å². The Morgan fingerprint density at radius 1 is 1.67 bits per heavy atom. The zero-order chi connectivity index (χ0) is 4.12. The van der Waals surface area contributed by atoms with Crippen molar-refractivity contribution >= 4 is 13.5 Å². The number of rotatable bonds is 2. The molecule has 0 aromatic carbocycles. The van der Waals surface area contributed by atoms with E-state index in [0.29, 0.717) is 13.2 Å². The van der Waals surface area contributed by atoms with Crippen molar-refractivity contribution in [2.24, 2.45) is 5.73 Å². The Kier molecular flexibility index (Phi) is 14.3. The van der Waals surface area contributed by atoms with Crippen LogP contribution in [0, 0.1) is 0 Å². The third kappa shape index (κ3) is 8.86. The molecule has 0 saturated carbocycles. The topological polar surface area (TPSA) is 35.2 Å². The molecule has 0 aromatic rings. The quantitative estimate of drug-likeness (QED) is 0.528. The molecule has 0 radical (unpaired) electrons. The second kappa shape index (κ2) is 8.99. The van der Waals surface area contributed by atoms with Crippen molar-refractivity contribution in [3.63, 3.8) is 0 Å². The van der Waals surface area contributed by atoms with E-state index in [2.05, 4.69) is 4.74 Å². The van der Waals surface area contributed by atoms with Gasteiger partial charge in [0.05, 0.1) is 6.61 Å². The van der Waals surface area contributed by atoms with E-state index in [1.165, 1.54) is 0 Å². The van der Waals surface area contributed by atoms with Gasteiger partial charge in [-0.2, -0.15) is 13.5 Å². The van der Waals surface area contributed by atoms with Gasteiger partial charge in [-0.05, 0) is 0 Å². The van der Waals surface area contributed by atoms with Gasteiger partial charge in [-0.3, -0.25) is 0 Å². The maximum absolute atomic E-state index is 5.01. The smallest absolute Gasteiger partial charge is 0.0584 e. The van der Waals surface area contributed by atoms with Crippen molar-refractivity contribution in [2.75, 3.05) is 20.3 Å². The summed E-state index contributed by atoms with van der Waals surface area (Å²) in [6.45, 7) is 1.29. The summed E-state index contributed by atoms with van der Waals surface area (Å²) in [4.78, 5) is 0. The fraction of sp³-hybridized carbons (Fsp3) is 1.00. The third-order valence-electron chi connectivity index (χ3n) is 0.322. The van der Waals surface area contributed by atoms with Crippen LogP contribution in [0.2, 0.25) is 0 Å². The first kappa shape index (κ1) is 9.55. The first-order valence-corrected chi connectivity index (χ1v) is 1.61. The highest BCUT2D eigenvalue weighted by Crippen LogP contribution is 1.53. The molecule has 0 aliphatic heterocycles. The van der Waals surface area contributed by atoms with Crippen LogP contribution in [0.25, 0.3) is 0 Å². The number of ether oxygens (including phenoxy) is 1. The fourth-order valence-electron chi connectivity index (χ4n) is 0.118. The van der Waals surface area contributed by atoms with Crippen LogP contribution in [-0.2, 0) is 4.74 Å². The Hall–Kier alpha value is 0.270. The zero-order valence-corrected chi connectivity index (χ0v) is 4.90. The van der Waals surface area contributed by atoms with E-state index in [4.69, 9.17) is 5.73 Å². The van der Waals surface area contributed by atoms with Crippen molar-refractivity contribution < 1.29 is 4.74 Å².